The molecule has 2 heterocycles. The van der Waals surface area contributed by atoms with Gasteiger partial charge in [0.15, 0.2) is 11.8 Å². The van der Waals surface area contributed by atoms with Gasteiger partial charge in [-0.25, -0.2) is 9.98 Å². The zero-order chi connectivity index (χ0) is 20.2. The summed E-state index contributed by atoms with van der Waals surface area (Å²) in [7, 11) is 0. The molecule has 4 aromatic carbocycles. The Kier molecular flexibility index (Phi) is 3.56. The van der Waals surface area contributed by atoms with Crippen molar-refractivity contribution < 1.29 is 9.47 Å². The molecule has 2 aliphatic rings. The fraction of sp³-hybridized carbons (Fsp3) is 0.0769. The summed E-state index contributed by atoms with van der Waals surface area (Å²) in [5.74, 6) is 2.86. The summed E-state index contributed by atoms with van der Waals surface area (Å²) in [5.41, 5.74) is 5.93. The third-order valence-corrected chi connectivity index (χ3v) is 5.49. The van der Waals surface area contributed by atoms with Gasteiger partial charge in [-0.15, -0.1) is 0 Å². The first-order valence-electron chi connectivity index (χ1n) is 9.94. The maximum Gasteiger partial charge on any atom is 0.192 e. The van der Waals surface area contributed by atoms with Crippen molar-refractivity contribution in [3.05, 3.63) is 72.8 Å². The number of nitrogens with zero attached hydrogens (tertiary/aromatic N) is 2. The van der Waals surface area contributed by atoms with Gasteiger partial charge in [-0.1, -0.05) is 60.7 Å². The summed E-state index contributed by atoms with van der Waals surface area (Å²) in [4.78, 5) is 9.47. The predicted molar refractivity (Wildman–Crippen MR) is 122 cm³/mol. The molecule has 0 fully saturated rings. The second-order valence-electron chi connectivity index (χ2n) is 7.49. The lowest BCUT2D eigenvalue weighted by Crippen LogP contribution is -2.12. The molecule has 0 unspecified atom stereocenters. The van der Waals surface area contributed by atoms with Crippen LogP contribution in [0.25, 0.3) is 33.0 Å². The first kappa shape index (κ1) is 17.0. The lowest BCUT2D eigenvalue weighted by molar-refractivity contribution is 0.543. The van der Waals surface area contributed by atoms with E-state index in [1.165, 1.54) is 0 Å². The van der Waals surface area contributed by atoms with Gasteiger partial charge in [-0.05, 0) is 23.3 Å². The van der Waals surface area contributed by atoms with Gasteiger partial charge >= 0.3 is 0 Å². The van der Waals surface area contributed by atoms with Crippen LogP contribution >= 0.6 is 0 Å². The van der Waals surface area contributed by atoms with Crippen LogP contribution in [0.15, 0.2) is 82.8 Å². The van der Waals surface area contributed by atoms with E-state index in [0.29, 0.717) is 11.8 Å². The van der Waals surface area contributed by atoms with Crippen LogP contribution in [0, 0.1) is 0 Å². The highest BCUT2D eigenvalue weighted by atomic mass is 16.5. The van der Waals surface area contributed by atoms with Crippen molar-refractivity contribution in [3.63, 3.8) is 0 Å². The summed E-state index contributed by atoms with van der Waals surface area (Å²) in [6, 6.07) is 24.7. The molecule has 0 saturated carbocycles. The summed E-state index contributed by atoms with van der Waals surface area (Å²) >= 11 is 0. The van der Waals surface area contributed by atoms with Gasteiger partial charge in [-0.3, -0.25) is 0 Å². The number of benzene rings is 4. The highest BCUT2D eigenvalue weighted by molar-refractivity contribution is 6.18. The molecule has 4 heteroatoms. The summed E-state index contributed by atoms with van der Waals surface area (Å²) in [6.07, 6.45) is 0. The molecule has 0 bridgehead atoms. The molecular formula is C26H18N2O2. The molecule has 144 valence electrons. The molecule has 2 aliphatic heterocycles. The van der Waals surface area contributed by atoms with E-state index in [9.17, 15) is 0 Å². The first-order valence-corrected chi connectivity index (χ1v) is 9.94. The Balaban J connectivity index is 1.77. The molecule has 6 rings (SSSR count). The second-order valence-corrected chi connectivity index (χ2v) is 7.49. The van der Waals surface area contributed by atoms with Crippen LogP contribution in [-0.4, -0.2) is 11.8 Å². The third-order valence-electron chi connectivity index (χ3n) is 5.49. The quantitative estimate of drug-likeness (QED) is 0.368. The van der Waals surface area contributed by atoms with E-state index < -0.39 is 0 Å². The SMILES string of the molecule is CC1=Nc2cc(-c3ccccc3)c3c4c(cc(-c5ccccc5)c(c24)O1)N=C(C)O3. The van der Waals surface area contributed by atoms with E-state index in [1.54, 1.807) is 0 Å². The average Bonchev–Trinajstić information content (AvgIpc) is 2.77. The fourth-order valence-electron chi connectivity index (χ4n) is 4.27. The van der Waals surface area contributed by atoms with Crippen LogP contribution in [0.3, 0.4) is 0 Å². The van der Waals surface area contributed by atoms with Gasteiger partial charge in [0.1, 0.15) is 11.5 Å². The molecule has 0 radical (unpaired) electrons. The van der Waals surface area contributed by atoms with Crippen LogP contribution in [0.4, 0.5) is 11.4 Å². The number of aliphatic imine (C=N–C) groups is 2. The molecule has 4 aromatic rings. The van der Waals surface area contributed by atoms with Gasteiger partial charge in [0.2, 0.25) is 0 Å². The van der Waals surface area contributed by atoms with E-state index in [1.807, 2.05) is 50.2 Å². The largest absolute Gasteiger partial charge is 0.442 e. The molecule has 0 amide bonds. The highest BCUT2D eigenvalue weighted by Crippen LogP contribution is 2.55. The third kappa shape index (κ3) is 2.47. The van der Waals surface area contributed by atoms with E-state index in [4.69, 9.17) is 19.5 Å². The second kappa shape index (κ2) is 6.29. The average molecular weight is 390 g/mol. The molecule has 0 aliphatic carbocycles. The zero-order valence-electron chi connectivity index (χ0n) is 16.6. The predicted octanol–water partition coefficient (Wildman–Crippen LogP) is 7.06. The molecule has 0 atom stereocenters. The minimum absolute atomic E-state index is 0.623. The van der Waals surface area contributed by atoms with Crippen molar-refractivity contribution in [2.45, 2.75) is 13.8 Å². The summed E-state index contributed by atoms with van der Waals surface area (Å²) in [6.45, 7) is 3.77. The number of rotatable bonds is 2. The van der Waals surface area contributed by atoms with Crippen LogP contribution in [0.2, 0.25) is 0 Å². The normalized spacial score (nSPS) is 13.9. The number of hydrogen-bond acceptors (Lipinski definition) is 4. The monoisotopic (exact) mass is 390 g/mol. The standard InChI is InChI=1S/C26H18N2O2/c1-15-27-21-13-20(18-11-7-4-8-12-18)26-24-22(28-16(2)30-26)14-19(25(29-15)23(21)24)17-9-5-3-6-10-17/h3-14H,1-2H3. The van der Waals surface area contributed by atoms with Crippen molar-refractivity contribution in [3.8, 4) is 33.8 Å². The first-order chi connectivity index (χ1) is 14.7. The Labute approximate surface area is 174 Å². The Morgan fingerprint density at radius 3 is 1.37 bits per heavy atom. The van der Waals surface area contributed by atoms with Gasteiger partial charge in [0.05, 0.1) is 22.1 Å². The highest BCUT2D eigenvalue weighted by Gasteiger charge is 2.29. The Morgan fingerprint density at radius 2 is 0.967 bits per heavy atom. The van der Waals surface area contributed by atoms with Gasteiger partial charge < -0.3 is 9.47 Å². The van der Waals surface area contributed by atoms with Crippen LogP contribution < -0.4 is 9.47 Å². The Hall–Kier alpha value is -3.92. The van der Waals surface area contributed by atoms with Gasteiger partial charge in [-0.2, -0.15) is 0 Å². The minimum Gasteiger partial charge on any atom is -0.442 e. The topological polar surface area (TPSA) is 43.2 Å². The van der Waals surface area contributed by atoms with Crippen molar-refractivity contribution in [2.24, 2.45) is 9.98 Å². The summed E-state index contributed by atoms with van der Waals surface area (Å²) < 4.78 is 12.4. The molecular weight excluding hydrogens is 372 g/mol. The number of ether oxygens (including phenoxy) is 2. The van der Waals surface area contributed by atoms with Crippen molar-refractivity contribution in [1.29, 1.82) is 0 Å². The van der Waals surface area contributed by atoms with Crippen LogP contribution in [0.5, 0.6) is 11.5 Å². The smallest absolute Gasteiger partial charge is 0.192 e. The molecule has 0 N–H and O–H groups in total. The molecule has 4 nitrogen and oxygen atoms in total. The number of hydrogen-bond donors (Lipinski definition) is 0. The lowest BCUT2D eigenvalue weighted by Gasteiger charge is -2.26. The minimum atomic E-state index is 0.623. The zero-order valence-corrected chi connectivity index (χ0v) is 16.6. The van der Waals surface area contributed by atoms with Crippen molar-refractivity contribution in [1.82, 2.24) is 0 Å². The lowest BCUT2D eigenvalue weighted by atomic mass is 9.92. The van der Waals surface area contributed by atoms with E-state index in [-0.39, 0.29) is 0 Å². The summed E-state index contributed by atoms with van der Waals surface area (Å²) in [5, 5.41) is 1.89. The maximum atomic E-state index is 6.19. The van der Waals surface area contributed by atoms with Crippen LogP contribution in [-0.2, 0) is 0 Å². The molecule has 30 heavy (non-hydrogen) atoms. The van der Waals surface area contributed by atoms with E-state index >= 15 is 0 Å². The Morgan fingerprint density at radius 1 is 0.567 bits per heavy atom. The molecule has 0 aromatic heterocycles. The van der Waals surface area contributed by atoms with Crippen molar-refractivity contribution in [2.75, 3.05) is 0 Å². The molecule has 0 spiro atoms. The fourth-order valence-corrected chi connectivity index (χ4v) is 4.27. The van der Waals surface area contributed by atoms with E-state index in [0.717, 1.165) is 55.9 Å². The van der Waals surface area contributed by atoms with Gasteiger partial charge in [0.25, 0.3) is 0 Å². The van der Waals surface area contributed by atoms with Crippen molar-refractivity contribution >= 4 is 33.9 Å². The van der Waals surface area contributed by atoms with Crippen LogP contribution in [0.1, 0.15) is 13.8 Å². The maximum absolute atomic E-state index is 6.19. The Bertz CT molecular complexity index is 1280. The van der Waals surface area contributed by atoms with Gasteiger partial charge in [0, 0.05) is 25.0 Å². The van der Waals surface area contributed by atoms with E-state index in [2.05, 4.69) is 36.4 Å². The molecule has 0 saturated heterocycles.